The molecule has 3 N–H and O–H groups in total. The molecule has 0 saturated heterocycles. The number of nitrogens with zero attached hydrogens (tertiary/aromatic N) is 3. The van der Waals surface area contributed by atoms with E-state index in [4.69, 9.17) is 10.7 Å². The maximum Gasteiger partial charge on any atom is 0.154 e. The van der Waals surface area contributed by atoms with Crippen LogP contribution in [0.2, 0.25) is 0 Å². The second-order valence-corrected chi connectivity index (χ2v) is 9.46. The van der Waals surface area contributed by atoms with Gasteiger partial charge in [0.15, 0.2) is 5.82 Å². The minimum atomic E-state index is -0.179. The summed E-state index contributed by atoms with van der Waals surface area (Å²) in [5, 5.41) is 3.53. The van der Waals surface area contributed by atoms with Crippen LogP contribution in [0.3, 0.4) is 0 Å². The number of anilines is 2. The van der Waals surface area contributed by atoms with Crippen molar-refractivity contribution < 1.29 is 0 Å². The third-order valence-electron chi connectivity index (χ3n) is 7.35. The minimum Gasteiger partial charge on any atom is -0.338 e. The normalized spacial score (nSPS) is 15.1. The molecule has 5 aromatic rings. The summed E-state index contributed by atoms with van der Waals surface area (Å²) in [6, 6.07) is 31.5. The van der Waals surface area contributed by atoms with Crippen LogP contribution >= 0.6 is 0 Å². The van der Waals surface area contributed by atoms with Gasteiger partial charge in [-0.05, 0) is 49.1 Å². The fourth-order valence-corrected chi connectivity index (χ4v) is 5.29. The molecule has 170 valence electrons. The Balaban J connectivity index is 1.52. The van der Waals surface area contributed by atoms with Crippen molar-refractivity contribution in [3.05, 3.63) is 103 Å². The zero-order valence-corrected chi connectivity index (χ0v) is 19.3. The van der Waals surface area contributed by atoms with Crippen molar-refractivity contribution in [2.24, 2.45) is 5.73 Å². The summed E-state index contributed by atoms with van der Waals surface area (Å²) < 4.78 is 2.25. The Morgan fingerprint density at radius 3 is 2.34 bits per heavy atom. The summed E-state index contributed by atoms with van der Waals surface area (Å²) >= 11 is 0. The first-order chi connectivity index (χ1) is 17.2. The van der Waals surface area contributed by atoms with Gasteiger partial charge in [-0.15, -0.1) is 0 Å². The van der Waals surface area contributed by atoms with Crippen LogP contribution < -0.4 is 11.1 Å². The van der Waals surface area contributed by atoms with E-state index >= 15 is 0 Å². The number of hydrogen-bond acceptors (Lipinski definition) is 4. The molecule has 2 aromatic heterocycles. The molecule has 1 aliphatic carbocycles. The molecule has 5 heteroatoms. The molecule has 1 saturated carbocycles. The fourth-order valence-electron chi connectivity index (χ4n) is 5.29. The lowest BCUT2D eigenvalue weighted by atomic mass is 9.72. The van der Waals surface area contributed by atoms with E-state index in [1.165, 1.54) is 12.0 Å². The molecule has 0 unspecified atom stereocenters. The van der Waals surface area contributed by atoms with Crippen LogP contribution in [-0.2, 0) is 5.54 Å². The fraction of sp³-hybridized carbons (Fsp3) is 0.133. The molecular formula is C30H25N5. The molecule has 0 amide bonds. The van der Waals surface area contributed by atoms with E-state index in [0.717, 1.165) is 63.9 Å². The average Bonchev–Trinajstić information content (AvgIpc) is 3.22. The molecule has 0 atom stereocenters. The minimum absolute atomic E-state index is 0.179. The largest absolute Gasteiger partial charge is 0.338 e. The van der Waals surface area contributed by atoms with Crippen LogP contribution in [0, 0.1) is 0 Å². The van der Waals surface area contributed by atoms with E-state index in [1.54, 1.807) is 0 Å². The van der Waals surface area contributed by atoms with Gasteiger partial charge in [0, 0.05) is 28.4 Å². The van der Waals surface area contributed by atoms with Crippen molar-refractivity contribution in [2.75, 3.05) is 5.32 Å². The predicted molar refractivity (Wildman–Crippen MR) is 141 cm³/mol. The standard InChI is InChI=1S/C30H25N5/c31-30(17-7-18-30)22-15-13-20(14-16-22)26-27(21-8-2-1-3-9-21)35-25-12-6-19-32-28(25)33-24-11-5-4-10-23(24)29(35)34-26/h1-6,8-16,19H,7,17-18,31H2,(H,32,33). The van der Waals surface area contributed by atoms with Crippen molar-refractivity contribution >= 4 is 11.5 Å². The maximum atomic E-state index is 6.60. The number of para-hydroxylation sites is 1. The zero-order chi connectivity index (χ0) is 23.4. The Kier molecular flexibility index (Phi) is 4.41. The van der Waals surface area contributed by atoms with Gasteiger partial charge in [-0.25, -0.2) is 9.97 Å². The Hall–Kier alpha value is -4.22. The second-order valence-electron chi connectivity index (χ2n) is 9.46. The number of rotatable bonds is 3. The van der Waals surface area contributed by atoms with E-state index < -0.39 is 0 Å². The highest BCUT2D eigenvalue weighted by Gasteiger charge is 2.34. The third-order valence-corrected chi connectivity index (χ3v) is 7.35. The number of pyridine rings is 1. The third kappa shape index (κ3) is 3.12. The summed E-state index contributed by atoms with van der Waals surface area (Å²) in [7, 11) is 0. The number of nitrogens with one attached hydrogen (secondary N) is 1. The molecule has 35 heavy (non-hydrogen) atoms. The monoisotopic (exact) mass is 455 g/mol. The highest BCUT2D eigenvalue weighted by atomic mass is 15.2. The predicted octanol–water partition coefficient (Wildman–Crippen LogP) is 6.66. The quantitative estimate of drug-likeness (QED) is 0.313. The lowest BCUT2D eigenvalue weighted by Crippen LogP contribution is -2.43. The number of aromatic nitrogens is 3. The summed E-state index contributed by atoms with van der Waals surface area (Å²) in [6.07, 6.45) is 5.12. The van der Waals surface area contributed by atoms with Crippen molar-refractivity contribution in [1.29, 1.82) is 0 Å². The Bertz CT molecular complexity index is 1550. The molecule has 7 rings (SSSR count). The van der Waals surface area contributed by atoms with Crippen molar-refractivity contribution in [3.8, 4) is 39.6 Å². The van der Waals surface area contributed by atoms with Crippen LogP contribution in [0.4, 0.5) is 11.5 Å². The maximum absolute atomic E-state index is 6.60. The van der Waals surface area contributed by atoms with Gasteiger partial charge in [-0.2, -0.15) is 0 Å². The lowest BCUT2D eigenvalue weighted by molar-refractivity contribution is 0.253. The molecular weight excluding hydrogens is 430 g/mol. The molecule has 0 bridgehead atoms. The molecule has 1 fully saturated rings. The molecule has 3 aromatic carbocycles. The zero-order valence-electron chi connectivity index (χ0n) is 19.3. The van der Waals surface area contributed by atoms with Crippen LogP contribution in [0.5, 0.6) is 0 Å². The smallest absolute Gasteiger partial charge is 0.154 e. The highest BCUT2D eigenvalue weighted by molar-refractivity contribution is 5.90. The first kappa shape index (κ1) is 20.2. The van der Waals surface area contributed by atoms with Gasteiger partial charge in [-0.1, -0.05) is 66.7 Å². The topological polar surface area (TPSA) is 68.8 Å². The first-order valence-corrected chi connectivity index (χ1v) is 12.1. The lowest BCUT2D eigenvalue weighted by Gasteiger charge is -2.38. The highest BCUT2D eigenvalue weighted by Crippen LogP contribution is 2.45. The van der Waals surface area contributed by atoms with Gasteiger partial charge in [0.2, 0.25) is 0 Å². The Morgan fingerprint density at radius 2 is 1.57 bits per heavy atom. The molecule has 0 spiro atoms. The van der Waals surface area contributed by atoms with Gasteiger partial charge in [0.25, 0.3) is 0 Å². The number of benzene rings is 3. The molecule has 2 aliphatic rings. The summed E-state index contributed by atoms with van der Waals surface area (Å²) in [5.41, 5.74) is 14.8. The Labute approximate surface area is 204 Å². The van der Waals surface area contributed by atoms with Crippen LogP contribution in [0.15, 0.2) is 97.2 Å². The number of hydrogen-bond donors (Lipinski definition) is 2. The van der Waals surface area contributed by atoms with Gasteiger partial charge in [0.05, 0.1) is 22.8 Å². The van der Waals surface area contributed by atoms with Gasteiger partial charge >= 0.3 is 0 Å². The van der Waals surface area contributed by atoms with Crippen molar-refractivity contribution in [1.82, 2.24) is 14.5 Å². The van der Waals surface area contributed by atoms with E-state index in [-0.39, 0.29) is 5.54 Å². The van der Waals surface area contributed by atoms with E-state index in [1.807, 2.05) is 24.4 Å². The second kappa shape index (κ2) is 7.65. The van der Waals surface area contributed by atoms with Crippen LogP contribution in [0.25, 0.3) is 39.6 Å². The first-order valence-electron chi connectivity index (χ1n) is 12.1. The van der Waals surface area contributed by atoms with Gasteiger partial charge in [0.1, 0.15) is 5.82 Å². The Morgan fingerprint density at radius 1 is 0.800 bits per heavy atom. The van der Waals surface area contributed by atoms with Crippen LogP contribution in [0.1, 0.15) is 24.8 Å². The molecule has 0 radical (unpaired) electrons. The molecule has 5 nitrogen and oxygen atoms in total. The summed E-state index contributed by atoms with van der Waals surface area (Å²) in [6.45, 7) is 0. The molecule has 1 aliphatic heterocycles. The van der Waals surface area contributed by atoms with E-state index in [0.29, 0.717) is 0 Å². The summed E-state index contributed by atoms with van der Waals surface area (Å²) in [5.74, 6) is 1.71. The van der Waals surface area contributed by atoms with Gasteiger partial charge in [-0.3, -0.25) is 4.57 Å². The van der Waals surface area contributed by atoms with E-state index in [2.05, 4.69) is 87.7 Å². The SMILES string of the molecule is NC1(c2ccc(-c3nc4n(c3-c3ccccc3)-c3cccnc3Nc3ccccc3-4)cc2)CCC1. The van der Waals surface area contributed by atoms with E-state index in [9.17, 15) is 0 Å². The number of fused-ring (bicyclic) bond motifs is 5. The van der Waals surface area contributed by atoms with Crippen molar-refractivity contribution in [3.63, 3.8) is 0 Å². The number of nitrogens with two attached hydrogens (primary N) is 1. The number of imidazole rings is 1. The van der Waals surface area contributed by atoms with Crippen molar-refractivity contribution in [2.45, 2.75) is 24.8 Å². The van der Waals surface area contributed by atoms with Gasteiger partial charge < -0.3 is 11.1 Å². The average molecular weight is 456 g/mol. The van der Waals surface area contributed by atoms with Crippen LogP contribution in [-0.4, -0.2) is 14.5 Å². The summed E-state index contributed by atoms with van der Waals surface area (Å²) in [4.78, 5) is 9.96. The molecule has 3 heterocycles.